The minimum Gasteiger partial charge on any atom is -0.492 e. The molecule has 2 aromatic rings. The van der Waals surface area contributed by atoms with Gasteiger partial charge in [0, 0.05) is 19.5 Å². The summed E-state index contributed by atoms with van der Waals surface area (Å²) >= 11 is 0. The number of ether oxygens (including phenoxy) is 1. The van der Waals surface area contributed by atoms with Gasteiger partial charge in [0.15, 0.2) is 0 Å². The molecule has 1 amide bonds. The molecule has 0 saturated carbocycles. The summed E-state index contributed by atoms with van der Waals surface area (Å²) < 4.78 is 5.50. The fourth-order valence-electron chi connectivity index (χ4n) is 2.20. The fourth-order valence-corrected chi connectivity index (χ4v) is 2.20. The van der Waals surface area contributed by atoms with E-state index in [0.717, 1.165) is 12.2 Å². The smallest absolute Gasteiger partial charge is 0.225 e. The number of hydrogen-bond acceptors (Lipinski definition) is 3. The molecule has 2 aromatic carbocycles. The van der Waals surface area contributed by atoms with Gasteiger partial charge in [-0.3, -0.25) is 4.79 Å². The van der Waals surface area contributed by atoms with Crippen LogP contribution in [0.15, 0.2) is 48.5 Å². The van der Waals surface area contributed by atoms with E-state index in [1.165, 1.54) is 11.1 Å². The van der Waals surface area contributed by atoms with Crippen LogP contribution in [-0.2, 0) is 11.3 Å². The van der Waals surface area contributed by atoms with E-state index >= 15 is 0 Å². The van der Waals surface area contributed by atoms with Crippen molar-refractivity contribution in [3.8, 4) is 5.75 Å². The van der Waals surface area contributed by atoms with Gasteiger partial charge in [-0.15, -0.1) is 0 Å². The summed E-state index contributed by atoms with van der Waals surface area (Å²) in [5.41, 5.74) is 3.19. The third-order valence-electron chi connectivity index (χ3n) is 3.44. The predicted molar refractivity (Wildman–Crippen MR) is 93.7 cm³/mol. The van der Waals surface area contributed by atoms with Gasteiger partial charge in [0.2, 0.25) is 5.91 Å². The molecule has 0 aliphatic heterocycles. The van der Waals surface area contributed by atoms with Crippen molar-refractivity contribution in [2.75, 3.05) is 18.5 Å². The normalized spacial score (nSPS) is 10.3. The molecule has 4 heteroatoms. The molecule has 0 aromatic heterocycles. The number of aryl methyl sites for hydroxylation is 1. The Hall–Kier alpha value is -2.33. The molecule has 4 nitrogen and oxygen atoms in total. The van der Waals surface area contributed by atoms with Crippen LogP contribution in [0.5, 0.6) is 5.75 Å². The summed E-state index contributed by atoms with van der Waals surface area (Å²) in [5.74, 6) is 0.685. The van der Waals surface area contributed by atoms with Crippen LogP contribution in [-0.4, -0.2) is 19.1 Å². The summed E-state index contributed by atoms with van der Waals surface area (Å²) in [4.78, 5) is 12.0. The number of para-hydroxylation sites is 2. The Morgan fingerprint density at radius 1 is 1.09 bits per heavy atom. The molecular formula is C19H24N2O2. The van der Waals surface area contributed by atoms with E-state index in [4.69, 9.17) is 4.74 Å². The molecule has 0 radical (unpaired) electrons. The van der Waals surface area contributed by atoms with Gasteiger partial charge in [0.05, 0.1) is 12.3 Å². The SMILES string of the molecule is CCOc1ccccc1NC(=O)CCNCc1ccc(C)cc1. The van der Waals surface area contributed by atoms with Gasteiger partial charge in [-0.25, -0.2) is 0 Å². The summed E-state index contributed by atoms with van der Waals surface area (Å²) in [6.45, 7) is 5.97. The number of carbonyl (C=O) groups excluding carboxylic acids is 1. The maximum atomic E-state index is 12.0. The predicted octanol–water partition coefficient (Wildman–Crippen LogP) is 3.51. The molecule has 23 heavy (non-hydrogen) atoms. The number of benzene rings is 2. The number of rotatable bonds is 8. The first-order valence-electron chi connectivity index (χ1n) is 7.97. The van der Waals surface area contributed by atoms with Crippen molar-refractivity contribution in [1.29, 1.82) is 0 Å². The molecule has 122 valence electrons. The Labute approximate surface area is 137 Å². The van der Waals surface area contributed by atoms with Gasteiger partial charge in [0.1, 0.15) is 5.75 Å². The van der Waals surface area contributed by atoms with Gasteiger partial charge >= 0.3 is 0 Å². The zero-order valence-corrected chi connectivity index (χ0v) is 13.8. The lowest BCUT2D eigenvalue weighted by molar-refractivity contribution is -0.116. The van der Waals surface area contributed by atoms with Crippen molar-refractivity contribution in [3.05, 3.63) is 59.7 Å². The maximum Gasteiger partial charge on any atom is 0.225 e. The minimum absolute atomic E-state index is 0.0199. The molecule has 2 N–H and O–H groups in total. The van der Waals surface area contributed by atoms with Crippen LogP contribution in [0.2, 0.25) is 0 Å². The van der Waals surface area contributed by atoms with Gasteiger partial charge in [-0.2, -0.15) is 0 Å². The quantitative estimate of drug-likeness (QED) is 0.733. The monoisotopic (exact) mass is 312 g/mol. The lowest BCUT2D eigenvalue weighted by Gasteiger charge is -2.11. The molecule has 0 saturated heterocycles. The first kappa shape index (κ1) is 17.0. The molecule has 0 aliphatic carbocycles. The van der Waals surface area contributed by atoms with Crippen LogP contribution >= 0.6 is 0 Å². The second kappa shape index (κ2) is 8.96. The van der Waals surface area contributed by atoms with Crippen molar-refractivity contribution >= 4 is 11.6 Å². The number of anilines is 1. The summed E-state index contributed by atoms with van der Waals surface area (Å²) in [5, 5.41) is 6.18. The Morgan fingerprint density at radius 3 is 2.57 bits per heavy atom. The molecule has 2 rings (SSSR count). The zero-order valence-electron chi connectivity index (χ0n) is 13.8. The highest BCUT2D eigenvalue weighted by Gasteiger charge is 2.06. The Balaban J connectivity index is 1.74. The molecule has 0 heterocycles. The van der Waals surface area contributed by atoms with Crippen LogP contribution in [0.4, 0.5) is 5.69 Å². The van der Waals surface area contributed by atoms with Gasteiger partial charge in [-0.05, 0) is 31.5 Å². The van der Waals surface area contributed by atoms with Crippen molar-refractivity contribution < 1.29 is 9.53 Å². The largest absolute Gasteiger partial charge is 0.492 e. The van der Waals surface area contributed by atoms with Crippen LogP contribution < -0.4 is 15.4 Å². The van der Waals surface area contributed by atoms with Crippen molar-refractivity contribution in [2.24, 2.45) is 0 Å². The average Bonchev–Trinajstić information content (AvgIpc) is 2.55. The fraction of sp³-hybridized carbons (Fsp3) is 0.316. The Kier molecular flexibility index (Phi) is 6.63. The van der Waals surface area contributed by atoms with E-state index in [1.54, 1.807) is 0 Å². The van der Waals surface area contributed by atoms with Crippen molar-refractivity contribution in [2.45, 2.75) is 26.8 Å². The highest BCUT2D eigenvalue weighted by Crippen LogP contribution is 2.23. The Morgan fingerprint density at radius 2 is 1.83 bits per heavy atom. The lowest BCUT2D eigenvalue weighted by Crippen LogP contribution is -2.21. The summed E-state index contributed by atoms with van der Waals surface area (Å²) in [6.07, 6.45) is 0.423. The number of carbonyl (C=O) groups is 1. The second-order valence-electron chi connectivity index (χ2n) is 5.39. The summed E-state index contributed by atoms with van der Waals surface area (Å²) in [7, 11) is 0. The van der Waals surface area contributed by atoms with E-state index in [2.05, 4.69) is 41.8 Å². The van der Waals surface area contributed by atoms with E-state index < -0.39 is 0 Å². The third-order valence-corrected chi connectivity index (χ3v) is 3.44. The standard InChI is InChI=1S/C19H24N2O2/c1-3-23-18-7-5-4-6-17(18)21-19(22)12-13-20-14-16-10-8-15(2)9-11-16/h4-11,20H,3,12-14H2,1-2H3,(H,21,22). The van der Waals surface area contributed by atoms with Crippen molar-refractivity contribution in [1.82, 2.24) is 5.32 Å². The van der Waals surface area contributed by atoms with Crippen LogP contribution in [0, 0.1) is 6.92 Å². The highest BCUT2D eigenvalue weighted by molar-refractivity contribution is 5.92. The second-order valence-corrected chi connectivity index (χ2v) is 5.39. The van der Waals surface area contributed by atoms with Crippen LogP contribution in [0.25, 0.3) is 0 Å². The number of nitrogens with one attached hydrogen (secondary N) is 2. The zero-order chi connectivity index (χ0) is 16.5. The van der Waals surface area contributed by atoms with E-state index in [0.29, 0.717) is 25.3 Å². The molecule has 0 atom stereocenters. The van der Waals surface area contributed by atoms with Crippen LogP contribution in [0.1, 0.15) is 24.5 Å². The summed E-state index contributed by atoms with van der Waals surface area (Å²) in [6, 6.07) is 15.9. The van der Waals surface area contributed by atoms with Gasteiger partial charge < -0.3 is 15.4 Å². The molecule has 0 unspecified atom stereocenters. The maximum absolute atomic E-state index is 12.0. The topological polar surface area (TPSA) is 50.4 Å². The molecule has 0 fully saturated rings. The third kappa shape index (κ3) is 5.75. The van der Waals surface area contributed by atoms with E-state index in [1.807, 2.05) is 31.2 Å². The molecule has 0 bridgehead atoms. The molecule has 0 spiro atoms. The number of hydrogen-bond donors (Lipinski definition) is 2. The highest BCUT2D eigenvalue weighted by atomic mass is 16.5. The van der Waals surface area contributed by atoms with E-state index in [-0.39, 0.29) is 5.91 Å². The first-order chi connectivity index (χ1) is 11.2. The Bertz CT molecular complexity index is 624. The van der Waals surface area contributed by atoms with E-state index in [9.17, 15) is 4.79 Å². The first-order valence-corrected chi connectivity index (χ1v) is 7.97. The average molecular weight is 312 g/mol. The van der Waals surface area contributed by atoms with Gasteiger partial charge in [0.25, 0.3) is 0 Å². The number of amides is 1. The van der Waals surface area contributed by atoms with Crippen LogP contribution in [0.3, 0.4) is 0 Å². The van der Waals surface area contributed by atoms with Crippen molar-refractivity contribution in [3.63, 3.8) is 0 Å². The lowest BCUT2D eigenvalue weighted by atomic mass is 10.1. The molecular weight excluding hydrogens is 288 g/mol. The van der Waals surface area contributed by atoms with Gasteiger partial charge in [-0.1, -0.05) is 42.0 Å². The molecule has 0 aliphatic rings. The minimum atomic E-state index is -0.0199.